The van der Waals surface area contributed by atoms with Gasteiger partial charge in [-0.15, -0.1) is 11.3 Å². The van der Waals surface area contributed by atoms with E-state index in [9.17, 15) is 4.79 Å². The number of aromatic nitrogens is 4. The molecule has 198 valence electrons. The minimum Gasteiger partial charge on any atom is -0.360 e. The highest BCUT2D eigenvalue weighted by molar-refractivity contribution is 7.07. The van der Waals surface area contributed by atoms with Gasteiger partial charge in [-0.25, -0.2) is 14.4 Å². The third-order valence-electron chi connectivity index (χ3n) is 7.63. The van der Waals surface area contributed by atoms with Crippen LogP contribution in [0.3, 0.4) is 0 Å². The Morgan fingerprint density at radius 3 is 2.46 bits per heavy atom. The predicted octanol–water partition coefficient (Wildman–Crippen LogP) is 6.50. The fraction of sp³-hybridized carbons (Fsp3) is 0.258. The Morgan fingerprint density at radius 1 is 0.974 bits per heavy atom. The van der Waals surface area contributed by atoms with E-state index in [1.54, 1.807) is 10.9 Å². The van der Waals surface area contributed by atoms with E-state index in [1.807, 2.05) is 72.0 Å². The molecule has 1 aliphatic rings. The second-order valence-corrected chi connectivity index (χ2v) is 10.9. The second-order valence-electron chi connectivity index (χ2n) is 10.1. The van der Waals surface area contributed by atoms with Gasteiger partial charge in [-0.2, -0.15) is 5.10 Å². The van der Waals surface area contributed by atoms with E-state index in [4.69, 9.17) is 10.1 Å². The minimum absolute atomic E-state index is 0.159. The van der Waals surface area contributed by atoms with E-state index >= 15 is 0 Å². The van der Waals surface area contributed by atoms with Crippen LogP contribution in [0.4, 0.5) is 5.69 Å². The summed E-state index contributed by atoms with van der Waals surface area (Å²) in [5, 5.41) is 6.87. The van der Waals surface area contributed by atoms with Gasteiger partial charge in [0, 0.05) is 24.2 Å². The summed E-state index contributed by atoms with van der Waals surface area (Å²) in [6.07, 6.45) is 10.2. The molecule has 8 heteroatoms. The van der Waals surface area contributed by atoms with Gasteiger partial charge in [0.1, 0.15) is 0 Å². The van der Waals surface area contributed by atoms with Gasteiger partial charge >= 0.3 is 0 Å². The summed E-state index contributed by atoms with van der Waals surface area (Å²) in [4.78, 5) is 22.2. The van der Waals surface area contributed by atoms with Gasteiger partial charge in [-0.3, -0.25) is 9.48 Å². The van der Waals surface area contributed by atoms with E-state index in [-0.39, 0.29) is 5.56 Å². The molecule has 1 fully saturated rings. The van der Waals surface area contributed by atoms with Crippen molar-refractivity contribution in [3.63, 3.8) is 0 Å². The van der Waals surface area contributed by atoms with Crippen molar-refractivity contribution in [1.29, 1.82) is 0 Å². The molecule has 1 aliphatic carbocycles. The highest BCUT2D eigenvalue weighted by atomic mass is 32.1. The highest BCUT2D eigenvalue weighted by Crippen LogP contribution is 2.33. The van der Waals surface area contributed by atoms with Crippen LogP contribution in [-0.4, -0.2) is 25.2 Å². The SMILES string of the molecule is Cc1c(N=c2scc(-c3ccc(C4CCCCC4)cc3)n2N=Cc2ccc[nH]2)c(=O)n(-c2ccccc2)n1C. The van der Waals surface area contributed by atoms with Gasteiger partial charge in [0.15, 0.2) is 5.69 Å². The lowest BCUT2D eigenvalue weighted by molar-refractivity contribution is 0.443. The molecule has 0 atom stereocenters. The minimum atomic E-state index is -0.159. The molecule has 0 bridgehead atoms. The largest absolute Gasteiger partial charge is 0.360 e. The second kappa shape index (κ2) is 10.9. The Labute approximate surface area is 231 Å². The van der Waals surface area contributed by atoms with Gasteiger partial charge in [0.05, 0.1) is 29.0 Å². The van der Waals surface area contributed by atoms with Crippen LogP contribution < -0.4 is 10.4 Å². The fourth-order valence-electron chi connectivity index (χ4n) is 5.37. The molecule has 0 unspecified atom stereocenters. The number of nitrogens with zero attached hydrogens (tertiary/aromatic N) is 5. The molecule has 0 saturated heterocycles. The van der Waals surface area contributed by atoms with Crippen LogP contribution in [0.5, 0.6) is 0 Å². The molecule has 2 aromatic carbocycles. The number of hydrogen-bond donors (Lipinski definition) is 1. The molecule has 0 aliphatic heterocycles. The zero-order valence-corrected chi connectivity index (χ0v) is 23.1. The molecule has 6 rings (SSSR count). The number of nitrogens with one attached hydrogen (secondary N) is 1. The van der Waals surface area contributed by atoms with Crippen LogP contribution in [0.25, 0.3) is 16.9 Å². The third kappa shape index (κ3) is 5.00. The van der Waals surface area contributed by atoms with Crippen LogP contribution in [-0.2, 0) is 7.05 Å². The number of H-pyrrole nitrogens is 1. The van der Waals surface area contributed by atoms with Crippen LogP contribution in [0.2, 0.25) is 0 Å². The molecule has 0 radical (unpaired) electrons. The van der Waals surface area contributed by atoms with E-state index in [0.29, 0.717) is 16.4 Å². The number of rotatable bonds is 6. The maximum atomic E-state index is 13.5. The first-order valence-electron chi connectivity index (χ1n) is 13.5. The fourth-order valence-corrected chi connectivity index (χ4v) is 6.21. The Balaban J connectivity index is 1.45. The Hall–Kier alpha value is -4.17. The van der Waals surface area contributed by atoms with Crippen molar-refractivity contribution in [2.75, 3.05) is 0 Å². The van der Waals surface area contributed by atoms with Crippen molar-refractivity contribution in [2.24, 2.45) is 17.1 Å². The molecule has 0 amide bonds. The third-order valence-corrected chi connectivity index (χ3v) is 8.45. The van der Waals surface area contributed by atoms with Crippen molar-refractivity contribution >= 4 is 23.2 Å². The maximum Gasteiger partial charge on any atom is 0.297 e. The maximum absolute atomic E-state index is 13.5. The zero-order valence-electron chi connectivity index (χ0n) is 22.2. The van der Waals surface area contributed by atoms with E-state index in [0.717, 1.165) is 28.3 Å². The lowest BCUT2D eigenvalue weighted by Crippen LogP contribution is -2.19. The molecule has 3 aromatic heterocycles. The van der Waals surface area contributed by atoms with Crippen molar-refractivity contribution < 1.29 is 0 Å². The Bertz CT molecular complexity index is 1710. The lowest BCUT2D eigenvalue weighted by Gasteiger charge is -2.22. The molecule has 0 spiro atoms. The summed E-state index contributed by atoms with van der Waals surface area (Å²) < 4.78 is 5.33. The molecule has 7 nitrogen and oxygen atoms in total. The normalized spacial score (nSPS) is 15.0. The number of para-hydroxylation sites is 1. The first kappa shape index (κ1) is 25.1. The molecular formula is C31H32N6OS. The Kier molecular flexibility index (Phi) is 7.02. The van der Waals surface area contributed by atoms with E-state index in [2.05, 4.69) is 34.6 Å². The van der Waals surface area contributed by atoms with E-state index in [1.165, 1.54) is 49.0 Å². The quantitative estimate of drug-likeness (QED) is 0.247. The van der Waals surface area contributed by atoms with Crippen LogP contribution in [0, 0.1) is 6.92 Å². The summed E-state index contributed by atoms with van der Waals surface area (Å²) in [5.74, 6) is 0.659. The molecule has 5 aromatic rings. The summed E-state index contributed by atoms with van der Waals surface area (Å²) in [6, 6.07) is 22.4. The Morgan fingerprint density at radius 2 is 1.74 bits per heavy atom. The predicted molar refractivity (Wildman–Crippen MR) is 158 cm³/mol. The molecule has 3 heterocycles. The lowest BCUT2D eigenvalue weighted by atomic mass is 9.84. The molecule has 1 saturated carbocycles. The zero-order chi connectivity index (χ0) is 26.8. The molecular weight excluding hydrogens is 504 g/mol. The van der Waals surface area contributed by atoms with Crippen molar-refractivity contribution in [3.05, 3.63) is 110 Å². The smallest absolute Gasteiger partial charge is 0.297 e. The van der Waals surface area contributed by atoms with Crippen molar-refractivity contribution in [2.45, 2.75) is 44.9 Å². The summed E-state index contributed by atoms with van der Waals surface area (Å²) in [5.41, 5.74) is 6.16. The highest BCUT2D eigenvalue weighted by Gasteiger charge is 2.18. The monoisotopic (exact) mass is 536 g/mol. The summed E-state index contributed by atoms with van der Waals surface area (Å²) >= 11 is 1.48. The van der Waals surface area contributed by atoms with Gasteiger partial charge < -0.3 is 4.98 Å². The first-order valence-corrected chi connectivity index (χ1v) is 14.4. The summed E-state index contributed by atoms with van der Waals surface area (Å²) in [6.45, 7) is 1.92. The first-order chi connectivity index (χ1) is 19.1. The van der Waals surface area contributed by atoms with Gasteiger partial charge in [-0.05, 0) is 55.5 Å². The van der Waals surface area contributed by atoms with Gasteiger partial charge in [0.25, 0.3) is 5.56 Å². The van der Waals surface area contributed by atoms with Crippen LogP contribution in [0.15, 0.2) is 93.2 Å². The topological polar surface area (TPSA) is 72.4 Å². The standard InChI is InChI=1S/C31H32N6OS/c1-22-29(30(38)37(35(22)2)27-13-7-4-8-14-27)34-31-36(33-20-26-12-9-19-32-26)28(21-39-31)25-17-15-24(16-18-25)23-10-5-3-6-11-23/h4,7-9,12-21,23,32H,3,5-6,10-11H2,1-2H3. The number of aromatic amines is 1. The van der Waals surface area contributed by atoms with Crippen LogP contribution in [0.1, 0.15) is 55.0 Å². The summed E-state index contributed by atoms with van der Waals surface area (Å²) in [7, 11) is 1.88. The number of thiazole rings is 1. The van der Waals surface area contributed by atoms with Gasteiger partial charge in [-0.1, -0.05) is 61.7 Å². The van der Waals surface area contributed by atoms with Crippen molar-refractivity contribution in [1.82, 2.24) is 19.0 Å². The van der Waals surface area contributed by atoms with Crippen LogP contribution >= 0.6 is 11.3 Å². The number of hydrogen-bond acceptors (Lipinski definition) is 4. The van der Waals surface area contributed by atoms with E-state index < -0.39 is 0 Å². The van der Waals surface area contributed by atoms with Gasteiger partial charge in [0.2, 0.25) is 4.80 Å². The molecule has 1 N–H and O–H groups in total. The average Bonchev–Trinajstić information content (AvgIpc) is 3.69. The average molecular weight is 537 g/mol. The molecule has 39 heavy (non-hydrogen) atoms. The number of benzene rings is 2. The van der Waals surface area contributed by atoms with Crippen molar-refractivity contribution in [3.8, 4) is 16.9 Å².